The smallest absolute Gasteiger partial charge is 0.264 e. The number of fused-ring (bicyclic) bond motifs is 2. The van der Waals surface area contributed by atoms with Crippen molar-refractivity contribution in [1.82, 2.24) is 20.4 Å². The van der Waals surface area contributed by atoms with E-state index in [0.717, 1.165) is 20.9 Å². The molecule has 242 valence electrons. The SMILES string of the molecule is O=C1CCC(N2C(=O)c3cccc(NCc4cccc(CNc5cccc6c5C(=O)N(C5CCC(=O)NC5=O)C6=O)c4)c3C2=O)C(=O)N1. The molecule has 0 aliphatic carbocycles. The zero-order valence-corrected chi connectivity index (χ0v) is 25.3. The van der Waals surface area contributed by atoms with E-state index in [9.17, 15) is 38.4 Å². The van der Waals surface area contributed by atoms with Gasteiger partial charge in [0.2, 0.25) is 23.6 Å². The molecule has 2 atom stereocenters. The molecule has 0 saturated carbocycles. The zero-order valence-electron chi connectivity index (χ0n) is 25.3. The van der Waals surface area contributed by atoms with E-state index in [2.05, 4.69) is 21.3 Å². The van der Waals surface area contributed by atoms with Gasteiger partial charge in [0.15, 0.2) is 0 Å². The van der Waals surface area contributed by atoms with Crippen molar-refractivity contribution in [1.29, 1.82) is 0 Å². The number of nitrogens with one attached hydrogen (secondary N) is 4. The molecule has 0 aromatic heterocycles. The van der Waals surface area contributed by atoms with Gasteiger partial charge in [-0.25, -0.2) is 0 Å². The van der Waals surface area contributed by atoms with Gasteiger partial charge in [-0.3, -0.25) is 58.8 Å². The molecule has 14 nitrogen and oxygen atoms in total. The van der Waals surface area contributed by atoms with Crippen molar-refractivity contribution < 1.29 is 38.4 Å². The van der Waals surface area contributed by atoms with Crippen molar-refractivity contribution in [2.45, 2.75) is 50.9 Å². The molecule has 2 fully saturated rings. The number of rotatable bonds is 8. The first-order valence-electron chi connectivity index (χ1n) is 15.4. The normalized spacial score (nSPS) is 20.5. The molecule has 48 heavy (non-hydrogen) atoms. The zero-order chi connectivity index (χ0) is 33.7. The quantitative estimate of drug-likeness (QED) is 0.262. The minimum absolute atomic E-state index is 0.0299. The van der Waals surface area contributed by atoms with Gasteiger partial charge < -0.3 is 10.6 Å². The molecular weight excluding hydrogens is 620 g/mol. The summed E-state index contributed by atoms with van der Waals surface area (Å²) in [4.78, 5) is 103. The lowest BCUT2D eigenvalue weighted by Gasteiger charge is -2.27. The average molecular weight is 649 g/mol. The Morgan fingerprint density at radius 2 is 0.979 bits per heavy atom. The highest BCUT2D eigenvalue weighted by Crippen LogP contribution is 2.34. The molecule has 3 aromatic rings. The number of anilines is 2. The summed E-state index contributed by atoms with van der Waals surface area (Å²) in [6.45, 7) is 0.581. The van der Waals surface area contributed by atoms with Crippen molar-refractivity contribution in [3.63, 3.8) is 0 Å². The number of hydrogen-bond donors (Lipinski definition) is 4. The van der Waals surface area contributed by atoms with Gasteiger partial charge in [0.1, 0.15) is 12.1 Å². The number of amides is 8. The second kappa shape index (κ2) is 11.9. The topological polar surface area (TPSA) is 191 Å². The molecule has 0 bridgehead atoms. The van der Waals surface area contributed by atoms with Crippen molar-refractivity contribution in [3.8, 4) is 0 Å². The number of benzene rings is 3. The molecule has 14 heteroatoms. The first-order valence-corrected chi connectivity index (χ1v) is 15.4. The third kappa shape index (κ3) is 5.16. The highest BCUT2D eigenvalue weighted by Gasteiger charge is 2.47. The maximum absolute atomic E-state index is 13.4. The summed E-state index contributed by atoms with van der Waals surface area (Å²) in [5, 5.41) is 10.8. The molecule has 4 aliphatic rings. The van der Waals surface area contributed by atoms with Crippen LogP contribution in [0.2, 0.25) is 0 Å². The Morgan fingerprint density at radius 1 is 0.562 bits per heavy atom. The number of carbonyl (C=O) groups excluding carboxylic acids is 8. The Balaban J connectivity index is 1.04. The van der Waals surface area contributed by atoms with E-state index in [0.29, 0.717) is 24.5 Å². The highest BCUT2D eigenvalue weighted by molar-refractivity contribution is 6.26. The predicted octanol–water partition coefficient (Wildman–Crippen LogP) is 1.71. The monoisotopic (exact) mass is 648 g/mol. The Labute approximate surface area is 272 Å². The lowest BCUT2D eigenvalue weighted by Crippen LogP contribution is -2.54. The maximum atomic E-state index is 13.4. The minimum Gasteiger partial charge on any atom is -0.380 e. The Bertz CT molecular complexity index is 1850. The van der Waals surface area contributed by atoms with Crippen LogP contribution in [0.4, 0.5) is 11.4 Å². The van der Waals surface area contributed by atoms with Crippen molar-refractivity contribution in [2.75, 3.05) is 10.6 Å². The molecule has 0 radical (unpaired) electrons. The summed E-state index contributed by atoms with van der Waals surface area (Å²) in [5.74, 6) is -4.63. The molecule has 2 saturated heterocycles. The van der Waals surface area contributed by atoms with E-state index in [1.165, 1.54) is 12.1 Å². The van der Waals surface area contributed by atoms with Gasteiger partial charge in [0.05, 0.1) is 22.3 Å². The van der Waals surface area contributed by atoms with E-state index in [1.54, 1.807) is 24.3 Å². The van der Waals surface area contributed by atoms with Crippen LogP contribution in [0.1, 0.15) is 78.2 Å². The van der Waals surface area contributed by atoms with E-state index < -0.39 is 59.3 Å². The lowest BCUT2D eigenvalue weighted by atomic mass is 10.0. The Kier molecular flexibility index (Phi) is 7.54. The number of hydrogen-bond acceptors (Lipinski definition) is 10. The van der Waals surface area contributed by atoms with Crippen LogP contribution in [-0.4, -0.2) is 69.1 Å². The van der Waals surface area contributed by atoms with E-state index in [4.69, 9.17) is 0 Å². The first-order chi connectivity index (χ1) is 23.1. The minimum atomic E-state index is -1.06. The molecule has 4 heterocycles. The molecule has 3 aromatic carbocycles. The lowest BCUT2D eigenvalue weighted by molar-refractivity contribution is -0.137. The van der Waals surface area contributed by atoms with Crippen LogP contribution in [0.5, 0.6) is 0 Å². The number of piperidine rings is 2. The summed E-state index contributed by atoms with van der Waals surface area (Å²) < 4.78 is 0. The van der Waals surface area contributed by atoms with Crippen LogP contribution in [0, 0.1) is 0 Å². The van der Waals surface area contributed by atoms with Gasteiger partial charge in [-0.2, -0.15) is 0 Å². The third-order valence-corrected chi connectivity index (χ3v) is 8.89. The summed E-state index contributed by atoms with van der Waals surface area (Å²) in [5.41, 5.74) is 3.21. The average Bonchev–Trinajstić information content (AvgIpc) is 3.48. The number of carbonyl (C=O) groups is 8. The summed E-state index contributed by atoms with van der Waals surface area (Å²) in [6, 6.07) is 15.1. The van der Waals surface area contributed by atoms with Gasteiger partial charge in [0, 0.05) is 37.3 Å². The van der Waals surface area contributed by atoms with Gasteiger partial charge >= 0.3 is 0 Å². The fourth-order valence-corrected chi connectivity index (χ4v) is 6.57. The molecular formula is C34H28N6O8. The van der Waals surface area contributed by atoms with E-state index in [1.807, 2.05) is 24.3 Å². The highest BCUT2D eigenvalue weighted by atomic mass is 16.2. The fraction of sp³-hybridized carbons (Fsp3) is 0.235. The van der Waals surface area contributed by atoms with Crippen LogP contribution in [0.3, 0.4) is 0 Å². The third-order valence-electron chi connectivity index (χ3n) is 8.89. The van der Waals surface area contributed by atoms with Crippen LogP contribution in [-0.2, 0) is 32.3 Å². The van der Waals surface area contributed by atoms with Crippen LogP contribution >= 0.6 is 0 Å². The predicted molar refractivity (Wildman–Crippen MR) is 167 cm³/mol. The number of imide groups is 4. The first kappa shape index (κ1) is 30.5. The molecule has 0 spiro atoms. The Morgan fingerprint density at radius 3 is 1.40 bits per heavy atom. The molecule has 8 amide bonds. The van der Waals surface area contributed by atoms with Crippen LogP contribution < -0.4 is 21.3 Å². The molecule has 2 unspecified atom stereocenters. The standard InChI is InChI=1S/C34H28N6O8/c41-25-12-10-23(29(43)37-25)39-31(45)19-6-2-8-21(27(19)33(39)47)35-15-17-4-1-5-18(14-17)16-36-22-9-3-7-20-28(22)34(48)40(32(20)46)24-11-13-26(42)38-30(24)44/h1-9,14,23-24,35-36H,10-13,15-16H2,(H,37,41,43)(H,38,42,44). The van der Waals surface area contributed by atoms with Gasteiger partial charge in [0.25, 0.3) is 23.6 Å². The molecule has 4 aliphatic heterocycles. The van der Waals surface area contributed by atoms with Gasteiger partial charge in [-0.05, 0) is 48.2 Å². The second-order valence-electron chi connectivity index (χ2n) is 11.9. The maximum Gasteiger partial charge on any atom is 0.264 e. The number of nitrogens with zero attached hydrogens (tertiary/aromatic N) is 2. The largest absolute Gasteiger partial charge is 0.380 e. The van der Waals surface area contributed by atoms with Gasteiger partial charge in [-0.1, -0.05) is 36.4 Å². The van der Waals surface area contributed by atoms with Crippen molar-refractivity contribution >= 4 is 58.6 Å². The van der Waals surface area contributed by atoms with Crippen molar-refractivity contribution in [3.05, 3.63) is 94.0 Å². The van der Waals surface area contributed by atoms with Crippen LogP contribution in [0.15, 0.2) is 60.7 Å². The van der Waals surface area contributed by atoms with Crippen LogP contribution in [0.25, 0.3) is 0 Å². The van der Waals surface area contributed by atoms with Crippen molar-refractivity contribution in [2.24, 2.45) is 0 Å². The second-order valence-corrected chi connectivity index (χ2v) is 11.9. The summed E-state index contributed by atoms with van der Waals surface area (Å²) in [6.07, 6.45) is 0.187. The summed E-state index contributed by atoms with van der Waals surface area (Å²) >= 11 is 0. The Hall–Kier alpha value is -6.18. The molecule has 4 N–H and O–H groups in total. The van der Waals surface area contributed by atoms with E-state index >= 15 is 0 Å². The van der Waals surface area contributed by atoms with Gasteiger partial charge in [-0.15, -0.1) is 0 Å². The fourth-order valence-electron chi connectivity index (χ4n) is 6.57. The van der Waals surface area contributed by atoms with E-state index in [-0.39, 0.29) is 47.9 Å². The molecule has 7 rings (SSSR count). The summed E-state index contributed by atoms with van der Waals surface area (Å²) in [7, 11) is 0.